The van der Waals surface area contributed by atoms with Gasteiger partial charge in [0.05, 0.1) is 6.10 Å². The first-order chi connectivity index (χ1) is 9.08. The van der Waals surface area contributed by atoms with Crippen molar-refractivity contribution in [3.8, 4) is 5.75 Å². The average Bonchev–Trinajstić information content (AvgIpc) is 2.76. The minimum atomic E-state index is 0.148. The number of hydrogen-bond donors (Lipinski definition) is 2. The van der Waals surface area contributed by atoms with Gasteiger partial charge in [0, 0.05) is 43.2 Å². The van der Waals surface area contributed by atoms with Crippen LogP contribution >= 0.6 is 0 Å². The monoisotopic (exact) mass is 264 g/mol. The zero-order chi connectivity index (χ0) is 13.8. The molecule has 0 saturated carbocycles. The highest BCUT2D eigenvalue weighted by Gasteiger charge is 2.22. The molecule has 1 aliphatic heterocycles. The zero-order valence-electron chi connectivity index (χ0n) is 11.8. The van der Waals surface area contributed by atoms with Crippen molar-refractivity contribution in [2.75, 3.05) is 30.3 Å². The van der Waals surface area contributed by atoms with E-state index in [1.54, 1.807) is 0 Å². The summed E-state index contributed by atoms with van der Waals surface area (Å²) in [5, 5.41) is 9.01. The summed E-state index contributed by atoms with van der Waals surface area (Å²) in [6.45, 7) is 6.31. The first-order valence-corrected chi connectivity index (χ1v) is 7.01. The highest BCUT2D eigenvalue weighted by molar-refractivity contribution is 5.61. The van der Waals surface area contributed by atoms with Crippen LogP contribution in [-0.2, 0) is 0 Å². The fraction of sp³-hybridized carbons (Fsp3) is 0.600. The lowest BCUT2D eigenvalue weighted by Gasteiger charge is -2.21. The molecule has 1 unspecified atom stereocenters. The number of nitrogen functional groups attached to an aromatic ring is 1. The molecule has 106 valence electrons. The van der Waals surface area contributed by atoms with Gasteiger partial charge in [-0.05, 0) is 38.7 Å². The number of rotatable bonds is 5. The lowest BCUT2D eigenvalue weighted by Crippen LogP contribution is -2.20. The van der Waals surface area contributed by atoms with Crippen LogP contribution in [0.5, 0.6) is 5.75 Å². The largest absolute Gasteiger partial charge is 0.491 e. The van der Waals surface area contributed by atoms with Crippen LogP contribution in [0.3, 0.4) is 0 Å². The molecule has 0 aliphatic carbocycles. The molecular formula is C15H24N2O2. The first-order valence-electron chi connectivity index (χ1n) is 7.01. The van der Waals surface area contributed by atoms with E-state index in [0.29, 0.717) is 5.92 Å². The van der Waals surface area contributed by atoms with E-state index in [2.05, 4.69) is 11.0 Å². The molecule has 0 bridgehead atoms. The lowest BCUT2D eigenvalue weighted by molar-refractivity contribution is 0.242. The molecule has 1 aromatic rings. The molecule has 0 radical (unpaired) electrons. The van der Waals surface area contributed by atoms with Crippen molar-refractivity contribution in [3.63, 3.8) is 0 Å². The Morgan fingerprint density at radius 1 is 1.42 bits per heavy atom. The number of nitrogens with zero attached hydrogens (tertiary/aromatic N) is 1. The van der Waals surface area contributed by atoms with E-state index in [1.807, 2.05) is 26.0 Å². The summed E-state index contributed by atoms with van der Waals surface area (Å²) in [4.78, 5) is 2.32. The Hall–Kier alpha value is -1.42. The Balaban J connectivity index is 2.09. The van der Waals surface area contributed by atoms with Gasteiger partial charge in [0.2, 0.25) is 0 Å². The summed E-state index contributed by atoms with van der Waals surface area (Å²) < 4.78 is 5.72. The third-order valence-corrected chi connectivity index (χ3v) is 3.47. The maximum absolute atomic E-state index is 9.01. The molecule has 0 amide bonds. The molecule has 0 spiro atoms. The molecule has 2 rings (SSSR count). The van der Waals surface area contributed by atoms with E-state index in [1.165, 1.54) is 0 Å². The van der Waals surface area contributed by atoms with E-state index < -0.39 is 0 Å². The van der Waals surface area contributed by atoms with E-state index in [4.69, 9.17) is 15.6 Å². The third kappa shape index (κ3) is 3.77. The van der Waals surface area contributed by atoms with Crippen molar-refractivity contribution >= 4 is 11.4 Å². The summed E-state index contributed by atoms with van der Waals surface area (Å²) in [6.07, 6.45) is 2.17. The van der Waals surface area contributed by atoms with Crippen LogP contribution in [0.4, 0.5) is 11.4 Å². The van der Waals surface area contributed by atoms with Crippen LogP contribution in [0.25, 0.3) is 0 Å². The molecule has 4 heteroatoms. The standard InChI is InChI=1S/C15H24N2O2/c1-11(2)19-15-8-13(16)7-14(9-15)17-5-3-12(10-17)4-6-18/h7-9,11-12,18H,3-6,10,16H2,1-2H3. The minimum Gasteiger partial charge on any atom is -0.491 e. The van der Waals surface area contributed by atoms with Gasteiger partial charge < -0.3 is 20.5 Å². The van der Waals surface area contributed by atoms with Gasteiger partial charge in [0.1, 0.15) is 5.75 Å². The minimum absolute atomic E-state index is 0.148. The molecule has 1 heterocycles. The van der Waals surface area contributed by atoms with Crippen molar-refractivity contribution in [1.82, 2.24) is 0 Å². The Kier molecular flexibility index (Phi) is 4.53. The van der Waals surface area contributed by atoms with Crippen LogP contribution in [0.1, 0.15) is 26.7 Å². The van der Waals surface area contributed by atoms with Gasteiger partial charge in [-0.2, -0.15) is 0 Å². The van der Waals surface area contributed by atoms with E-state index in [0.717, 1.165) is 43.1 Å². The number of aliphatic hydroxyl groups excluding tert-OH is 1. The second kappa shape index (κ2) is 6.15. The molecule has 4 nitrogen and oxygen atoms in total. The molecule has 1 fully saturated rings. The molecule has 19 heavy (non-hydrogen) atoms. The number of nitrogens with two attached hydrogens (primary N) is 1. The summed E-state index contributed by atoms with van der Waals surface area (Å²) in [5.41, 5.74) is 7.81. The van der Waals surface area contributed by atoms with Crippen LogP contribution < -0.4 is 15.4 Å². The van der Waals surface area contributed by atoms with E-state index in [-0.39, 0.29) is 12.7 Å². The Labute approximate surface area is 115 Å². The van der Waals surface area contributed by atoms with E-state index >= 15 is 0 Å². The van der Waals surface area contributed by atoms with Crippen molar-refractivity contribution in [3.05, 3.63) is 18.2 Å². The summed E-state index contributed by atoms with van der Waals surface area (Å²) >= 11 is 0. The number of benzene rings is 1. The van der Waals surface area contributed by atoms with Crippen LogP contribution in [0.15, 0.2) is 18.2 Å². The quantitative estimate of drug-likeness (QED) is 0.801. The van der Waals surface area contributed by atoms with Gasteiger partial charge >= 0.3 is 0 Å². The van der Waals surface area contributed by atoms with Crippen molar-refractivity contribution < 1.29 is 9.84 Å². The summed E-state index contributed by atoms with van der Waals surface area (Å²) in [5.74, 6) is 1.41. The zero-order valence-corrected chi connectivity index (χ0v) is 11.8. The SMILES string of the molecule is CC(C)Oc1cc(N)cc(N2CCC(CCO)C2)c1. The van der Waals surface area contributed by atoms with Gasteiger partial charge in [-0.15, -0.1) is 0 Å². The normalized spacial score (nSPS) is 19.2. The highest BCUT2D eigenvalue weighted by atomic mass is 16.5. The second-order valence-corrected chi connectivity index (χ2v) is 5.54. The second-order valence-electron chi connectivity index (χ2n) is 5.54. The summed E-state index contributed by atoms with van der Waals surface area (Å²) in [6, 6.07) is 5.91. The van der Waals surface area contributed by atoms with Crippen LogP contribution in [0.2, 0.25) is 0 Å². The lowest BCUT2D eigenvalue weighted by atomic mass is 10.1. The maximum atomic E-state index is 9.01. The average molecular weight is 264 g/mol. The maximum Gasteiger partial charge on any atom is 0.123 e. The van der Waals surface area contributed by atoms with Gasteiger partial charge in [-0.25, -0.2) is 0 Å². The Morgan fingerprint density at radius 2 is 2.21 bits per heavy atom. The van der Waals surface area contributed by atoms with Crippen LogP contribution in [-0.4, -0.2) is 30.9 Å². The van der Waals surface area contributed by atoms with Gasteiger partial charge in [0.25, 0.3) is 0 Å². The van der Waals surface area contributed by atoms with Crippen LogP contribution in [0, 0.1) is 5.92 Å². The predicted octanol–water partition coefficient (Wildman–Crippen LogP) is 2.26. The van der Waals surface area contributed by atoms with Crippen molar-refractivity contribution in [2.45, 2.75) is 32.8 Å². The fourth-order valence-corrected chi connectivity index (χ4v) is 2.61. The molecule has 1 saturated heterocycles. The number of ether oxygens (including phenoxy) is 1. The first kappa shape index (κ1) is 14.0. The number of aliphatic hydroxyl groups is 1. The number of hydrogen-bond acceptors (Lipinski definition) is 4. The Bertz CT molecular complexity index is 421. The molecule has 1 atom stereocenters. The smallest absolute Gasteiger partial charge is 0.123 e. The molecule has 3 N–H and O–H groups in total. The Morgan fingerprint density at radius 3 is 2.89 bits per heavy atom. The molecular weight excluding hydrogens is 240 g/mol. The van der Waals surface area contributed by atoms with Gasteiger partial charge in [-0.3, -0.25) is 0 Å². The highest BCUT2D eigenvalue weighted by Crippen LogP contribution is 2.30. The third-order valence-electron chi connectivity index (χ3n) is 3.47. The van der Waals surface area contributed by atoms with Gasteiger partial charge in [0.15, 0.2) is 0 Å². The van der Waals surface area contributed by atoms with Crippen molar-refractivity contribution in [2.24, 2.45) is 5.92 Å². The summed E-state index contributed by atoms with van der Waals surface area (Å²) in [7, 11) is 0. The predicted molar refractivity (Wildman–Crippen MR) is 78.6 cm³/mol. The molecule has 1 aromatic carbocycles. The van der Waals surface area contributed by atoms with Crippen molar-refractivity contribution in [1.29, 1.82) is 0 Å². The molecule has 1 aliphatic rings. The fourth-order valence-electron chi connectivity index (χ4n) is 2.61. The van der Waals surface area contributed by atoms with E-state index in [9.17, 15) is 0 Å². The molecule has 0 aromatic heterocycles. The topological polar surface area (TPSA) is 58.7 Å². The van der Waals surface area contributed by atoms with Gasteiger partial charge in [-0.1, -0.05) is 0 Å². The number of anilines is 2.